The van der Waals surface area contributed by atoms with Gasteiger partial charge in [-0.2, -0.15) is 0 Å². The van der Waals surface area contributed by atoms with E-state index in [1.807, 2.05) is 19.2 Å². The zero-order valence-corrected chi connectivity index (χ0v) is 11.4. The number of oxime groups is 1. The van der Waals surface area contributed by atoms with Gasteiger partial charge in [-0.3, -0.25) is 4.79 Å². The molecule has 0 aliphatic heterocycles. The van der Waals surface area contributed by atoms with E-state index in [4.69, 9.17) is 10.9 Å². The first-order valence-corrected chi connectivity index (χ1v) is 6.50. The van der Waals surface area contributed by atoms with Crippen molar-refractivity contribution in [2.45, 2.75) is 20.4 Å². The van der Waals surface area contributed by atoms with Gasteiger partial charge < -0.3 is 15.5 Å². The number of nitrogens with two attached hydrogens (primary N) is 1. The molecule has 0 aliphatic rings. The van der Waals surface area contributed by atoms with Gasteiger partial charge in [0.05, 0.1) is 12.1 Å². The Morgan fingerprint density at radius 1 is 1.53 bits per heavy atom. The minimum Gasteiger partial charge on any atom is -0.409 e. The molecule has 0 aromatic carbocycles. The highest BCUT2D eigenvalue weighted by Crippen LogP contribution is 2.11. The molecule has 6 nitrogen and oxygen atoms in total. The largest absolute Gasteiger partial charge is 0.409 e. The molecule has 0 saturated heterocycles. The van der Waals surface area contributed by atoms with Crippen LogP contribution in [0.25, 0.3) is 0 Å². The molecule has 0 spiro atoms. The fourth-order valence-electron chi connectivity index (χ4n) is 1.73. The van der Waals surface area contributed by atoms with E-state index in [1.165, 1.54) is 11.3 Å². The topological polar surface area (TPSA) is 93.5 Å². The minimum absolute atomic E-state index is 0.182. The Labute approximate surface area is 113 Å². The van der Waals surface area contributed by atoms with Crippen LogP contribution in [0.2, 0.25) is 0 Å². The van der Waals surface area contributed by atoms with Crippen LogP contribution in [-0.2, 0) is 6.54 Å². The second-order valence-corrected chi connectivity index (χ2v) is 5.09. The molecule has 3 N–H and O–H groups in total. The van der Waals surface area contributed by atoms with Gasteiger partial charge in [0.1, 0.15) is 5.01 Å². The van der Waals surface area contributed by atoms with Crippen molar-refractivity contribution < 1.29 is 5.21 Å². The van der Waals surface area contributed by atoms with Gasteiger partial charge in [0.15, 0.2) is 5.84 Å². The van der Waals surface area contributed by atoms with Crippen LogP contribution in [0.5, 0.6) is 0 Å². The molecule has 0 bridgehead atoms. The Morgan fingerprint density at radius 2 is 2.26 bits per heavy atom. The maximum absolute atomic E-state index is 12.3. The van der Waals surface area contributed by atoms with Gasteiger partial charge in [0.25, 0.3) is 5.56 Å². The Morgan fingerprint density at radius 3 is 2.84 bits per heavy atom. The summed E-state index contributed by atoms with van der Waals surface area (Å²) in [5.74, 6) is -0.186. The van der Waals surface area contributed by atoms with Crippen molar-refractivity contribution >= 4 is 17.2 Å². The first kappa shape index (κ1) is 13.3. The van der Waals surface area contributed by atoms with E-state index in [9.17, 15) is 4.79 Å². The lowest BCUT2D eigenvalue weighted by Gasteiger charge is -2.09. The molecule has 0 atom stereocenters. The Hall–Kier alpha value is -2.15. The first-order chi connectivity index (χ1) is 9.02. The third-order valence-electron chi connectivity index (χ3n) is 2.74. The average Bonchev–Trinajstić information content (AvgIpc) is 2.79. The van der Waals surface area contributed by atoms with Crippen LogP contribution in [0.15, 0.2) is 27.5 Å². The molecule has 0 saturated carbocycles. The molecule has 2 aromatic rings. The van der Waals surface area contributed by atoms with Gasteiger partial charge in [-0.1, -0.05) is 5.16 Å². The molecule has 2 aromatic heterocycles. The average molecular weight is 278 g/mol. The van der Waals surface area contributed by atoms with Gasteiger partial charge >= 0.3 is 0 Å². The van der Waals surface area contributed by atoms with Crippen LogP contribution in [0.4, 0.5) is 0 Å². The molecule has 0 fully saturated rings. The number of amidine groups is 1. The normalized spacial score (nSPS) is 11.8. The van der Waals surface area contributed by atoms with Crippen molar-refractivity contribution in [1.82, 2.24) is 9.55 Å². The van der Waals surface area contributed by atoms with Crippen LogP contribution in [0.1, 0.15) is 22.0 Å². The van der Waals surface area contributed by atoms with E-state index in [0.29, 0.717) is 6.54 Å². The predicted octanol–water partition coefficient (Wildman–Crippen LogP) is 1.06. The predicted molar refractivity (Wildman–Crippen MR) is 73.9 cm³/mol. The Kier molecular flexibility index (Phi) is 3.66. The van der Waals surface area contributed by atoms with Crippen molar-refractivity contribution in [1.29, 1.82) is 0 Å². The number of hydrogen-bond acceptors (Lipinski definition) is 5. The molecule has 0 radical (unpaired) electrons. The lowest BCUT2D eigenvalue weighted by Crippen LogP contribution is -2.31. The van der Waals surface area contributed by atoms with Crippen LogP contribution in [0, 0.1) is 13.8 Å². The van der Waals surface area contributed by atoms with Crippen molar-refractivity contribution in [2.75, 3.05) is 0 Å². The summed E-state index contributed by atoms with van der Waals surface area (Å²) < 4.78 is 1.56. The fourth-order valence-corrected chi connectivity index (χ4v) is 2.49. The highest BCUT2D eigenvalue weighted by Gasteiger charge is 2.11. The summed E-state index contributed by atoms with van der Waals surface area (Å²) in [4.78, 5) is 16.6. The molecular weight excluding hydrogens is 264 g/mol. The van der Waals surface area contributed by atoms with Crippen LogP contribution in [-0.4, -0.2) is 20.6 Å². The summed E-state index contributed by atoms with van der Waals surface area (Å²) in [6.45, 7) is 4.12. The molecule has 19 heavy (non-hydrogen) atoms. The molecule has 2 heterocycles. The number of nitrogens with zero attached hydrogens (tertiary/aromatic N) is 3. The molecular formula is C12H14N4O2S. The number of aryl methyl sites for hydroxylation is 2. The van der Waals surface area contributed by atoms with E-state index in [0.717, 1.165) is 16.4 Å². The number of hydrogen-bond donors (Lipinski definition) is 2. The van der Waals surface area contributed by atoms with Gasteiger partial charge in [0.2, 0.25) is 0 Å². The van der Waals surface area contributed by atoms with E-state index in [1.54, 1.807) is 16.7 Å². The zero-order chi connectivity index (χ0) is 14.0. The van der Waals surface area contributed by atoms with E-state index >= 15 is 0 Å². The quantitative estimate of drug-likeness (QED) is 0.380. The fraction of sp³-hybridized carbons (Fsp3) is 0.250. The molecule has 7 heteroatoms. The summed E-state index contributed by atoms with van der Waals surface area (Å²) in [6.07, 6.45) is 0. The highest BCUT2D eigenvalue weighted by molar-refractivity contribution is 7.09. The third kappa shape index (κ3) is 2.65. The lowest BCUT2D eigenvalue weighted by molar-refractivity contribution is 0.318. The van der Waals surface area contributed by atoms with Gasteiger partial charge in [0, 0.05) is 16.8 Å². The van der Waals surface area contributed by atoms with E-state index in [2.05, 4.69) is 10.1 Å². The lowest BCUT2D eigenvalue weighted by atomic mass is 10.2. The minimum atomic E-state index is -0.289. The number of rotatable bonds is 3. The number of pyridine rings is 1. The van der Waals surface area contributed by atoms with Crippen molar-refractivity contribution in [3.8, 4) is 0 Å². The second-order valence-electron chi connectivity index (χ2n) is 4.15. The smallest absolute Gasteiger partial charge is 0.262 e. The van der Waals surface area contributed by atoms with Gasteiger partial charge in [-0.25, -0.2) is 4.98 Å². The molecule has 2 rings (SSSR count). The van der Waals surface area contributed by atoms with Crippen molar-refractivity contribution in [3.05, 3.63) is 49.8 Å². The Bertz CT molecular complexity index is 687. The second kappa shape index (κ2) is 5.23. The summed E-state index contributed by atoms with van der Waals surface area (Å²) in [5.41, 5.74) is 7.11. The Balaban J connectivity index is 2.48. The van der Waals surface area contributed by atoms with Gasteiger partial charge in [-0.05, 0) is 26.0 Å². The van der Waals surface area contributed by atoms with Crippen LogP contribution < -0.4 is 11.3 Å². The maximum Gasteiger partial charge on any atom is 0.262 e. The maximum atomic E-state index is 12.3. The van der Waals surface area contributed by atoms with Crippen LogP contribution >= 0.6 is 11.3 Å². The number of aromatic nitrogens is 2. The van der Waals surface area contributed by atoms with Crippen LogP contribution in [0.3, 0.4) is 0 Å². The summed E-state index contributed by atoms with van der Waals surface area (Å²) in [6, 6.07) is 3.31. The standard InChI is InChI=1S/C12H14N4O2S/c1-7-6-19-10(14-7)5-16-8(2)3-4-9(12(16)17)11(13)15-18/h3-4,6,18H,5H2,1-2H3,(H2,13,15). The zero-order valence-electron chi connectivity index (χ0n) is 10.6. The monoisotopic (exact) mass is 278 g/mol. The van der Waals surface area contributed by atoms with Crippen molar-refractivity contribution in [2.24, 2.45) is 10.9 Å². The summed E-state index contributed by atoms with van der Waals surface area (Å²) in [7, 11) is 0. The van der Waals surface area contributed by atoms with Gasteiger partial charge in [-0.15, -0.1) is 11.3 Å². The molecule has 0 aliphatic carbocycles. The SMILES string of the molecule is Cc1csc(Cn2c(C)ccc(/C(N)=N/O)c2=O)n1. The summed E-state index contributed by atoms with van der Waals surface area (Å²) >= 11 is 1.50. The third-order valence-corrected chi connectivity index (χ3v) is 3.69. The number of thiazole rings is 1. The molecule has 0 unspecified atom stereocenters. The van der Waals surface area contributed by atoms with E-state index < -0.39 is 0 Å². The first-order valence-electron chi connectivity index (χ1n) is 5.62. The van der Waals surface area contributed by atoms with E-state index in [-0.39, 0.29) is 17.0 Å². The molecule has 0 amide bonds. The highest BCUT2D eigenvalue weighted by atomic mass is 32.1. The van der Waals surface area contributed by atoms with Crippen molar-refractivity contribution in [3.63, 3.8) is 0 Å². The summed E-state index contributed by atoms with van der Waals surface area (Å²) in [5, 5.41) is 14.3. The molecule has 100 valence electrons.